The molecule has 2 rings (SSSR count). The maximum absolute atomic E-state index is 13.5. The molecule has 1 aliphatic heterocycles. The first-order valence-corrected chi connectivity index (χ1v) is 7.49. The number of halogens is 3. The van der Waals surface area contributed by atoms with E-state index in [4.69, 9.17) is 9.47 Å². The smallest absolute Gasteiger partial charge is 0.200 e. The van der Waals surface area contributed by atoms with Gasteiger partial charge in [-0.3, -0.25) is 0 Å². The molecule has 1 saturated heterocycles. The van der Waals surface area contributed by atoms with Gasteiger partial charge >= 0.3 is 0 Å². The van der Waals surface area contributed by atoms with Crippen LogP contribution in [0, 0.1) is 11.6 Å². The Morgan fingerprint density at radius 2 is 2.30 bits per heavy atom. The zero-order chi connectivity index (χ0) is 14.5. The average molecular weight is 350 g/mol. The standard InChI is InChI=1S/C14H18BrF2NO2/c1-9(12-3-2-5-19-12)18-4-6-20-13-8-10(15)7-11(16)14(13)17/h7-9,12,18H,2-6H2,1H3. The van der Waals surface area contributed by atoms with Crippen molar-refractivity contribution in [1.29, 1.82) is 0 Å². The Hall–Kier alpha value is -0.720. The molecule has 1 heterocycles. The molecule has 1 aromatic carbocycles. The summed E-state index contributed by atoms with van der Waals surface area (Å²) in [7, 11) is 0. The molecule has 112 valence electrons. The minimum atomic E-state index is -0.958. The van der Waals surface area contributed by atoms with E-state index in [1.807, 2.05) is 0 Å². The highest BCUT2D eigenvalue weighted by atomic mass is 79.9. The Morgan fingerprint density at radius 1 is 1.50 bits per heavy atom. The molecule has 1 aromatic rings. The van der Waals surface area contributed by atoms with Crippen molar-refractivity contribution in [1.82, 2.24) is 5.32 Å². The number of hydrogen-bond acceptors (Lipinski definition) is 3. The Balaban J connectivity index is 1.75. The number of hydrogen-bond donors (Lipinski definition) is 1. The zero-order valence-corrected chi connectivity index (χ0v) is 12.9. The molecule has 0 bridgehead atoms. The molecule has 0 spiro atoms. The van der Waals surface area contributed by atoms with Crippen LogP contribution in [0.25, 0.3) is 0 Å². The van der Waals surface area contributed by atoms with Crippen LogP contribution in [-0.2, 0) is 4.74 Å². The van der Waals surface area contributed by atoms with Gasteiger partial charge < -0.3 is 14.8 Å². The van der Waals surface area contributed by atoms with E-state index in [1.54, 1.807) is 0 Å². The second-order valence-corrected chi connectivity index (χ2v) is 5.76. The monoisotopic (exact) mass is 349 g/mol. The van der Waals surface area contributed by atoms with Crippen LogP contribution >= 0.6 is 15.9 Å². The topological polar surface area (TPSA) is 30.5 Å². The average Bonchev–Trinajstić information content (AvgIpc) is 2.93. The second kappa shape index (κ2) is 7.33. The molecular formula is C14H18BrF2NO2. The fourth-order valence-electron chi connectivity index (χ4n) is 2.21. The zero-order valence-electron chi connectivity index (χ0n) is 11.3. The van der Waals surface area contributed by atoms with Gasteiger partial charge in [0.2, 0.25) is 5.82 Å². The summed E-state index contributed by atoms with van der Waals surface area (Å²) in [4.78, 5) is 0. The van der Waals surface area contributed by atoms with Crippen molar-refractivity contribution in [3.05, 3.63) is 28.2 Å². The van der Waals surface area contributed by atoms with Crippen molar-refractivity contribution in [2.24, 2.45) is 0 Å². The quantitative estimate of drug-likeness (QED) is 0.631. The van der Waals surface area contributed by atoms with Crippen molar-refractivity contribution in [3.63, 3.8) is 0 Å². The lowest BCUT2D eigenvalue weighted by Crippen LogP contribution is -2.39. The Labute approximate surface area is 125 Å². The summed E-state index contributed by atoms with van der Waals surface area (Å²) in [5, 5.41) is 3.27. The molecule has 20 heavy (non-hydrogen) atoms. The van der Waals surface area contributed by atoms with Gasteiger partial charge in [-0.15, -0.1) is 0 Å². The molecule has 0 amide bonds. The van der Waals surface area contributed by atoms with Gasteiger partial charge in [0.05, 0.1) is 6.10 Å². The van der Waals surface area contributed by atoms with E-state index in [2.05, 4.69) is 28.2 Å². The molecule has 3 nitrogen and oxygen atoms in total. The predicted molar refractivity (Wildman–Crippen MR) is 76.0 cm³/mol. The normalized spacial score (nSPS) is 20.1. The van der Waals surface area contributed by atoms with Gasteiger partial charge in [-0.05, 0) is 31.9 Å². The summed E-state index contributed by atoms with van der Waals surface area (Å²) in [5.41, 5.74) is 0. The van der Waals surface area contributed by atoms with Gasteiger partial charge in [-0.2, -0.15) is 4.39 Å². The SMILES string of the molecule is CC(NCCOc1cc(Br)cc(F)c1F)C1CCCO1. The summed E-state index contributed by atoms with van der Waals surface area (Å²) in [6.45, 7) is 3.68. The van der Waals surface area contributed by atoms with Gasteiger partial charge in [-0.25, -0.2) is 4.39 Å². The van der Waals surface area contributed by atoms with Crippen molar-refractivity contribution in [3.8, 4) is 5.75 Å². The van der Waals surface area contributed by atoms with Crippen LogP contribution in [0.1, 0.15) is 19.8 Å². The molecule has 1 aliphatic rings. The molecule has 0 radical (unpaired) electrons. The lowest BCUT2D eigenvalue weighted by Gasteiger charge is -2.20. The van der Waals surface area contributed by atoms with E-state index >= 15 is 0 Å². The largest absolute Gasteiger partial charge is 0.489 e. The van der Waals surface area contributed by atoms with Crippen LogP contribution in [0.3, 0.4) is 0 Å². The van der Waals surface area contributed by atoms with E-state index < -0.39 is 11.6 Å². The number of rotatable bonds is 6. The fraction of sp³-hybridized carbons (Fsp3) is 0.571. The van der Waals surface area contributed by atoms with Gasteiger partial charge in [-0.1, -0.05) is 15.9 Å². The molecule has 2 atom stereocenters. The van der Waals surface area contributed by atoms with Crippen LogP contribution in [-0.4, -0.2) is 31.9 Å². The number of benzene rings is 1. The van der Waals surface area contributed by atoms with Gasteiger partial charge in [0, 0.05) is 23.7 Å². The van der Waals surface area contributed by atoms with Gasteiger partial charge in [0.1, 0.15) is 6.61 Å². The summed E-state index contributed by atoms with van der Waals surface area (Å²) < 4.78 is 37.9. The van der Waals surface area contributed by atoms with Gasteiger partial charge in [0.15, 0.2) is 11.6 Å². The van der Waals surface area contributed by atoms with Crippen molar-refractivity contribution in [2.75, 3.05) is 19.8 Å². The lowest BCUT2D eigenvalue weighted by molar-refractivity contribution is 0.0823. The highest BCUT2D eigenvalue weighted by Crippen LogP contribution is 2.25. The van der Waals surface area contributed by atoms with Crippen LogP contribution in [0.15, 0.2) is 16.6 Å². The second-order valence-electron chi connectivity index (χ2n) is 4.84. The third-order valence-corrected chi connectivity index (χ3v) is 3.77. The number of nitrogens with one attached hydrogen (secondary N) is 1. The highest BCUT2D eigenvalue weighted by molar-refractivity contribution is 9.10. The van der Waals surface area contributed by atoms with Crippen LogP contribution in [0.2, 0.25) is 0 Å². The third-order valence-electron chi connectivity index (χ3n) is 3.31. The molecular weight excluding hydrogens is 332 g/mol. The molecule has 1 fully saturated rings. The summed E-state index contributed by atoms with van der Waals surface area (Å²) >= 11 is 3.11. The van der Waals surface area contributed by atoms with Crippen molar-refractivity contribution in [2.45, 2.75) is 31.9 Å². The molecule has 0 aliphatic carbocycles. The fourth-order valence-corrected chi connectivity index (χ4v) is 2.62. The third kappa shape index (κ3) is 4.14. The van der Waals surface area contributed by atoms with E-state index in [1.165, 1.54) is 6.07 Å². The first kappa shape index (κ1) is 15.7. The first-order valence-electron chi connectivity index (χ1n) is 6.70. The van der Waals surface area contributed by atoms with Crippen molar-refractivity contribution < 1.29 is 18.3 Å². The Kier molecular flexibility index (Phi) is 5.74. The molecule has 0 aromatic heterocycles. The molecule has 6 heteroatoms. The summed E-state index contributed by atoms with van der Waals surface area (Å²) in [6.07, 6.45) is 2.38. The Morgan fingerprint density at radius 3 is 3.00 bits per heavy atom. The lowest BCUT2D eigenvalue weighted by atomic mass is 10.1. The Bertz CT molecular complexity index is 453. The van der Waals surface area contributed by atoms with Gasteiger partial charge in [0.25, 0.3) is 0 Å². The van der Waals surface area contributed by atoms with E-state index in [-0.39, 0.29) is 24.5 Å². The number of ether oxygens (including phenoxy) is 2. The molecule has 0 saturated carbocycles. The first-order chi connectivity index (χ1) is 9.58. The van der Waals surface area contributed by atoms with Crippen LogP contribution < -0.4 is 10.1 Å². The van der Waals surface area contributed by atoms with Crippen LogP contribution in [0.4, 0.5) is 8.78 Å². The van der Waals surface area contributed by atoms with E-state index in [9.17, 15) is 8.78 Å². The maximum atomic E-state index is 13.5. The van der Waals surface area contributed by atoms with E-state index in [0.717, 1.165) is 25.5 Å². The van der Waals surface area contributed by atoms with Crippen molar-refractivity contribution >= 4 is 15.9 Å². The summed E-state index contributed by atoms with van der Waals surface area (Å²) in [5.74, 6) is -1.96. The van der Waals surface area contributed by atoms with Crippen LogP contribution in [0.5, 0.6) is 5.75 Å². The minimum Gasteiger partial charge on any atom is -0.489 e. The predicted octanol–water partition coefficient (Wildman–Crippen LogP) is 3.26. The molecule has 1 N–H and O–H groups in total. The maximum Gasteiger partial charge on any atom is 0.200 e. The highest BCUT2D eigenvalue weighted by Gasteiger charge is 2.21. The minimum absolute atomic E-state index is 0.0801. The summed E-state index contributed by atoms with van der Waals surface area (Å²) in [6, 6.07) is 2.71. The molecule has 2 unspecified atom stereocenters. The van der Waals surface area contributed by atoms with E-state index in [0.29, 0.717) is 11.0 Å².